The van der Waals surface area contributed by atoms with Crippen LogP contribution in [0.2, 0.25) is 0 Å². The maximum Gasteiger partial charge on any atom is 0.242 e. The Morgan fingerprint density at radius 3 is 2.58 bits per heavy atom. The molecule has 0 saturated carbocycles. The summed E-state index contributed by atoms with van der Waals surface area (Å²) in [6, 6.07) is 20.4. The summed E-state index contributed by atoms with van der Waals surface area (Å²) in [4.78, 5) is 31.1. The normalized spacial score (nSPS) is 13.9. The lowest BCUT2D eigenvalue weighted by Gasteiger charge is -2.36. The second-order valence-electron chi connectivity index (χ2n) is 9.00. The molecule has 1 saturated heterocycles. The molecule has 0 aliphatic carbocycles. The zero-order valence-electron chi connectivity index (χ0n) is 20.1. The molecule has 3 aromatic heterocycles. The number of hydrogen-bond acceptors (Lipinski definition) is 6. The van der Waals surface area contributed by atoms with Crippen LogP contribution in [-0.2, 0) is 4.79 Å². The maximum atomic E-state index is 13.2. The molecular formula is C28H27N7O. The number of carbonyl (C=O) groups excluding carboxylic acids is 1. The van der Waals surface area contributed by atoms with Gasteiger partial charge in [0.15, 0.2) is 5.65 Å². The number of nitrogens with one attached hydrogen (secondary N) is 1. The van der Waals surface area contributed by atoms with Crippen molar-refractivity contribution in [1.82, 2.24) is 24.3 Å². The largest absolute Gasteiger partial charge is 0.367 e. The fraction of sp³-hybridized carbons (Fsp3) is 0.214. The number of imidazole rings is 1. The fourth-order valence-electron chi connectivity index (χ4n) is 4.89. The zero-order valence-corrected chi connectivity index (χ0v) is 20.1. The molecule has 0 unspecified atom stereocenters. The predicted octanol–water partition coefficient (Wildman–Crippen LogP) is 4.01. The molecule has 1 N–H and O–H groups in total. The first kappa shape index (κ1) is 22.0. The van der Waals surface area contributed by atoms with Crippen molar-refractivity contribution in [3.05, 3.63) is 84.9 Å². The van der Waals surface area contributed by atoms with Crippen LogP contribution in [-0.4, -0.2) is 62.9 Å². The van der Waals surface area contributed by atoms with Crippen molar-refractivity contribution in [1.29, 1.82) is 0 Å². The number of piperazine rings is 1. The molecule has 1 aliphatic heterocycles. The lowest BCUT2D eigenvalue weighted by Crippen LogP contribution is -2.50. The third kappa shape index (κ3) is 4.11. The summed E-state index contributed by atoms with van der Waals surface area (Å²) >= 11 is 0. The van der Waals surface area contributed by atoms with Crippen LogP contribution < -0.4 is 10.2 Å². The van der Waals surface area contributed by atoms with Crippen molar-refractivity contribution < 1.29 is 4.79 Å². The van der Waals surface area contributed by atoms with Crippen LogP contribution >= 0.6 is 0 Å². The molecule has 8 heteroatoms. The van der Waals surface area contributed by atoms with Crippen LogP contribution in [0.4, 0.5) is 11.5 Å². The van der Waals surface area contributed by atoms with Gasteiger partial charge in [0.25, 0.3) is 0 Å². The summed E-state index contributed by atoms with van der Waals surface area (Å²) in [5.41, 5.74) is 5.73. The first-order valence-corrected chi connectivity index (χ1v) is 12.2. The smallest absolute Gasteiger partial charge is 0.242 e. The Labute approximate surface area is 209 Å². The lowest BCUT2D eigenvalue weighted by molar-refractivity contribution is -0.129. The third-order valence-corrected chi connectivity index (χ3v) is 6.68. The van der Waals surface area contributed by atoms with Gasteiger partial charge in [-0.25, -0.2) is 4.98 Å². The molecule has 0 radical (unpaired) electrons. The lowest BCUT2D eigenvalue weighted by atomic mass is 10.1. The Morgan fingerprint density at radius 1 is 0.972 bits per heavy atom. The average molecular weight is 478 g/mol. The van der Waals surface area contributed by atoms with Crippen molar-refractivity contribution in [2.24, 2.45) is 0 Å². The average Bonchev–Trinajstić information content (AvgIpc) is 3.30. The number of benzene rings is 2. The molecule has 0 bridgehead atoms. The van der Waals surface area contributed by atoms with Gasteiger partial charge in [-0.1, -0.05) is 48.5 Å². The summed E-state index contributed by atoms with van der Waals surface area (Å²) in [5, 5.41) is 4.52. The van der Waals surface area contributed by atoms with Crippen molar-refractivity contribution in [2.45, 2.75) is 6.92 Å². The molecule has 36 heavy (non-hydrogen) atoms. The van der Waals surface area contributed by atoms with Gasteiger partial charge in [-0.3, -0.25) is 19.2 Å². The molecule has 8 nitrogen and oxygen atoms in total. The molecule has 1 aliphatic rings. The monoisotopic (exact) mass is 477 g/mol. The fourth-order valence-corrected chi connectivity index (χ4v) is 4.89. The molecule has 2 aromatic carbocycles. The van der Waals surface area contributed by atoms with Crippen molar-refractivity contribution in [3.8, 4) is 11.3 Å². The summed E-state index contributed by atoms with van der Waals surface area (Å²) in [6.45, 7) is 5.16. The number of aryl methyl sites for hydroxylation is 1. The van der Waals surface area contributed by atoms with Gasteiger partial charge in [-0.05, 0) is 19.1 Å². The van der Waals surface area contributed by atoms with Crippen LogP contribution in [0.25, 0.3) is 27.8 Å². The van der Waals surface area contributed by atoms with Crippen molar-refractivity contribution in [2.75, 3.05) is 42.9 Å². The predicted molar refractivity (Wildman–Crippen MR) is 142 cm³/mol. The van der Waals surface area contributed by atoms with Crippen molar-refractivity contribution in [3.63, 3.8) is 0 Å². The molecule has 0 atom stereocenters. The van der Waals surface area contributed by atoms with Gasteiger partial charge in [-0.15, -0.1) is 0 Å². The van der Waals surface area contributed by atoms with E-state index >= 15 is 0 Å². The van der Waals surface area contributed by atoms with Gasteiger partial charge >= 0.3 is 0 Å². The highest BCUT2D eigenvalue weighted by Gasteiger charge is 2.23. The van der Waals surface area contributed by atoms with Gasteiger partial charge in [0.2, 0.25) is 5.91 Å². The highest BCUT2D eigenvalue weighted by Crippen LogP contribution is 2.29. The molecule has 6 rings (SSSR count). The van der Waals surface area contributed by atoms with E-state index < -0.39 is 0 Å². The van der Waals surface area contributed by atoms with Crippen LogP contribution in [0, 0.1) is 6.92 Å². The molecule has 5 aromatic rings. The topological polar surface area (TPSA) is 78.7 Å². The summed E-state index contributed by atoms with van der Waals surface area (Å²) in [5.74, 6) is 0.873. The number of fused-ring (bicyclic) bond motifs is 2. The Morgan fingerprint density at radius 2 is 1.75 bits per heavy atom. The number of para-hydroxylation sites is 1. The maximum absolute atomic E-state index is 13.2. The number of carbonyl (C=O) groups is 1. The number of hydrogen-bond donors (Lipinski definition) is 1. The van der Waals surface area contributed by atoms with Crippen LogP contribution in [0.5, 0.6) is 0 Å². The van der Waals surface area contributed by atoms with E-state index in [0.717, 1.165) is 52.4 Å². The highest BCUT2D eigenvalue weighted by atomic mass is 16.2. The standard InChI is InChI=1S/C28H27N7O/c1-20-17-24(22-9-5-6-10-23(22)31-20)33-13-15-34(16-14-33)26(36)19-30-28-27(21-7-3-2-4-8-21)32-25-18-29-11-12-35(25)28/h2-12,17-18,30H,13-16,19H2,1H3. The van der Waals surface area contributed by atoms with Crippen LogP contribution in [0.15, 0.2) is 79.3 Å². The minimum absolute atomic E-state index is 0.0773. The Kier molecular flexibility index (Phi) is 5.69. The second-order valence-corrected chi connectivity index (χ2v) is 9.00. The van der Waals surface area contributed by atoms with Crippen molar-refractivity contribution >= 4 is 34.0 Å². The van der Waals surface area contributed by atoms with E-state index in [1.807, 2.05) is 64.9 Å². The van der Waals surface area contributed by atoms with Crippen LogP contribution in [0.1, 0.15) is 5.69 Å². The second kappa shape index (κ2) is 9.30. The number of anilines is 2. The number of amides is 1. The van der Waals surface area contributed by atoms with Crippen LogP contribution in [0.3, 0.4) is 0 Å². The van der Waals surface area contributed by atoms with E-state index in [1.54, 1.807) is 12.4 Å². The van der Waals surface area contributed by atoms with E-state index in [2.05, 4.69) is 38.4 Å². The molecule has 1 fully saturated rings. The number of aromatic nitrogens is 4. The molecule has 4 heterocycles. The van der Waals surface area contributed by atoms with Gasteiger partial charge in [0.1, 0.15) is 11.5 Å². The highest BCUT2D eigenvalue weighted by molar-refractivity contribution is 5.92. The first-order valence-electron chi connectivity index (χ1n) is 12.2. The molecule has 1 amide bonds. The quantitative estimate of drug-likeness (QED) is 0.412. The summed E-state index contributed by atoms with van der Waals surface area (Å²) in [7, 11) is 0. The molecule has 0 spiro atoms. The SMILES string of the molecule is Cc1cc(N2CCN(C(=O)CNc3c(-c4ccccc4)nc4cnccn34)CC2)c2ccccc2n1. The summed E-state index contributed by atoms with van der Waals surface area (Å²) in [6.07, 6.45) is 5.31. The summed E-state index contributed by atoms with van der Waals surface area (Å²) < 4.78 is 1.94. The van der Waals surface area contributed by atoms with Gasteiger partial charge < -0.3 is 15.1 Å². The number of pyridine rings is 1. The number of rotatable bonds is 5. The van der Waals surface area contributed by atoms with E-state index in [-0.39, 0.29) is 12.5 Å². The Balaban J connectivity index is 1.16. The van der Waals surface area contributed by atoms with E-state index in [1.165, 1.54) is 5.69 Å². The van der Waals surface area contributed by atoms with Gasteiger partial charge in [0.05, 0.1) is 18.3 Å². The van der Waals surface area contributed by atoms with E-state index in [4.69, 9.17) is 4.98 Å². The van der Waals surface area contributed by atoms with Gasteiger partial charge in [0, 0.05) is 60.9 Å². The minimum Gasteiger partial charge on any atom is -0.367 e. The number of nitrogens with zero attached hydrogens (tertiary/aromatic N) is 6. The van der Waals surface area contributed by atoms with Gasteiger partial charge in [-0.2, -0.15) is 0 Å². The minimum atomic E-state index is 0.0773. The Hall–Kier alpha value is -4.46. The van der Waals surface area contributed by atoms with E-state index in [0.29, 0.717) is 13.1 Å². The Bertz CT molecular complexity index is 1540. The third-order valence-electron chi connectivity index (χ3n) is 6.68. The molecular weight excluding hydrogens is 450 g/mol. The van der Waals surface area contributed by atoms with E-state index in [9.17, 15) is 4.79 Å². The first-order chi connectivity index (χ1) is 17.7. The zero-order chi connectivity index (χ0) is 24.5. The molecule has 180 valence electrons.